The van der Waals surface area contributed by atoms with Crippen molar-refractivity contribution in [1.82, 2.24) is 9.78 Å². The molecule has 2 aromatic rings. The second kappa shape index (κ2) is 4.75. The van der Waals surface area contributed by atoms with Crippen LogP contribution in [0.15, 0.2) is 29.2 Å². The largest absolute Gasteiger partial charge is 0.398 e. The van der Waals surface area contributed by atoms with Crippen molar-refractivity contribution >= 4 is 33.1 Å². The average Bonchev–Trinajstić information content (AvgIpc) is 2.55. The highest BCUT2D eigenvalue weighted by molar-refractivity contribution is 7.92. The van der Waals surface area contributed by atoms with Gasteiger partial charge < -0.3 is 5.73 Å². The average molecular weight is 301 g/mol. The van der Waals surface area contributed by atoms with Crippen LogP contribution in [0.1, 0.15) is 5.69 Å². The van der Waals surface area contributed by atoms with Crippen molar-refractivity contribution in [3.8, 4) is 0 Å². The van der Waals surface area contributed by atoms with Crippen LogP contribution in [0.3, 0.4) is 0 Å². The molecule has 0 radical (unpaired) electrons. The Kier molecular flexibility index (Phi) is 3.42. The Balaban J connectivity index is 2.40. The Morgan fingerprint density at radius 2 is 2.05 bits per heavy atom. The molecule has 3 N–H and O–H groups in total. The lowest BCUT2D eigenvalue weighted by Gasteiger charge is -2.10. The number of rotatable bonds is 3. The summed E-state index contributed by atoms with van der Waals surface area (Å²) in [5, 5.41) is 4.45. The van der Waals surface area contributed by atoms with E-state index in [0.29, 0.717) is 16.5 Å². The molecule has 0 saturated carbocycles. The normalized spacial score (nSPS) is 11.5. The lowest BCUT2D eigenvalue weighted by atomic mass is 10.3. The minimum Gasteiger partial charge on any atom is -0.398 e. The van der Waals surface area contributed by atoms with E-state index >= 15 is 0 Å². The Morgan fingerprint density at radius 3 is 2.58 bits per heavy atom. The summed E-state index contributed by atoms with van der Waals surface area (Å²) in [6, 6.07) is 5.86. The van der Waals surface area contributed by atoms with Gasteiger partial charge in [0.05, 0.1) is 11.4 Å². The van der Waals surface area contributed by atoms with Gasteiger partial charge in [-0.15, -0.1) is 0 Å². The van der Waals surface area contributed by atoms with E-state index in [9.17, 15) is 8.42 Å². The Labute approximate surface area is 116 Å². The van der Waals surface area contributed by atoms with Gasteiger partial charge in [-0.25, -0.2) is 8.42 Å². The summed E-state index contributed by atoms with van der Waals surface area (Å²) in [5.74, 6) is 0.367. The lowest BCUT2D eigenvalue weighted by molar-refractivity contribution is 0.600. The number of nitrogens with one attached hydrogen (secondary N) is 1. The first-order chi connectivity index (χ1) is 8.79. The molecule has 8 heteroatoms. The highest BCUT2D eigenvalue weighted by Gasteiger charge is 2.19. The molecule has 102 valence electrons. The molecule has 0 aliphatic rings. The molecule has 0 aliphatic carbocycles. The molecular weight excluding hydrogens is 288 g/mol. The molecule has 0 aliphatic heterocycles. The molecule has 0 spiro atoms. The third kappa shape index (κ3) is 2.82. The molecule has 0 amide bonds. The predicted molar refractivity (Wildman–Crippen MR) is 74.6 cm³/mol. The van der Waals surface area contributed by atoms with Crippen molar-refractivity contribution in [2.75, 3.05) is 10.5 Å². The van der Waals surface area contributed by atoms with Gasteiger partial charge in [0.2, 0.25) is 0 Å². The molecule has 0 bridgehead atoms. The van der Waals surface area contributed by atoms with E-state index in [4.69, 9.17) is 17.3 Å². The van der Waals surface area contributed by atoms with Gasteiger partial charge in [-0.1, -0.05) is 11.6 Å². The summed E-state index contributed by atoms with van der Waals surface area (Å²) in [7, 11) is -2.12. The minimum atomic E-state index is -3.76. The van der Waals surface area contributed by atoms with Crippen LogP contribution in [0.2, 0.25) is 5.02 Å². The molecule has 0 fully saturated rings. The van der Waals surface area contributed by atoms with E-state index in [0.717, 1.165) is 0 Å². The van der Waals surface area contributed by atoms with Crippen LogP contribution in [0.25, 0.3) is 0 Å². The van der Waals surface area contributed by atoms with Crippen molar-refractivity contribution < 1.29 is 8.42 Å². The summed E-state index contributed by atoms with van der Waals surface area (Å²) < 4.78 is 28.3. The van der Waals surface area contributed by atoms with Crippen LogP contribution >= 0.6 is 11.6 Å². The summed E-state index contributed by atoms with van der Waals surface area (Å²) in [4.78, 5) is -0.0178. The molecule has 2 rings (SSSR count). The van der Waals surface area contributed by atoms with E-state index in [-0.39, 0.29) is 10.6 Å². The number of hydrogen-bond acceptors (Lipinski definition) is 4. The maximum atomic E-state index is 12.2. The molecule has 1 aromatic carbocycles. The zero-order chi connectivity index (χ0) is 14.2. The predicted octanol–water partition coefficient (Wildman–Crippen LogP) is 1.76. The first-order valence-corrected chi connectivity index (χ1v) is 7.24. The van der Waals surface area contributed by atoms with Gasteiger partial charge in [0.25, 0.3) is 10.0 Å². The van der Waals surface area contributed by atoms with Crippen molar-refractivity contribution in [3.63, 3.8) is 0 Å². The second-order valence-electron chi connectivity index (χ2n) is 4.08. The quantitative estimate of drug-likeness (QED) is 0.845. The minimum absolute atomic E-state index is 0.0178. The molecular formula is C11H13ClN4O2S. The number of halogens is 1. The number of nitrogens with two attached hydrogens (primary N) is 1. The third-order valence-corrected chi connectivity index (χ3v) is 4.17. The maximum Gasteiger partial charge on any atom is 0.265 e. The highest BCUT2D eigenvalue weighted by atomic mass is 35.5. The molecule has 6 nitrogen and oxygen atoms in total. The van der Waals surface area contributed by atoms with E-state index in [1.165, 1.54) is 22.9 Å². The number of aryl methyl sites for hydroxylation is 2. The first kappa shape index (κ1) is 13.7. The van der Waals surface area contributed by atoms with E-state index in [1.807, 2.05) is 0 Å². The summed E-state index contributed by atoms with van der Waals surface area (Å²) in [6.07, 6.45) is 0. The van der Waals surface area contributed by atoms with Gasteiger partial charge in [-0.05, 0) is 25.1 Å². The van der Waals surface area contributed by atoms with Crippen molar-refractivity contribution in [1.29, 1.82) is 0 Å². The number of benzene rings is 1. The molecule has 1 heterocycles. The smallest absolute Gasteiger partial charge is 0.265 e. The molecule has 1 aromatic heterocycles. The van der Waals surface area contributed by atoms with Crippen LogP contribution in [0.4, 0.5) is 11.5 Å². The fraction of sp³-hybridized carbons (Fsp3) is 0.182. The SMILES string of the molecule is Cc1cc(NS(=O)(=O)c2ccc(Cl)cc2N)n(C)n1. The summed E-state index contributed by atoms with van der Waals surface area (Å²) in [6.45, 7) is 1.77. The fourth-order valence-corrected chi connectivity index (χ4v) is 3.04. The van der Waals surface area contributed by atoms with Gasteiger partial charge in [0, 0.05) is 18.1 Å². The summed E-state index contributed by atoms with van der Waals surface area (Å²) in [5.41, 5.74) is 6.49. The van der Waals surface area contributed by atoms with Gasteiger partial charge in [-0.2, -0.15) is 5.10 Å². The Bertz CT molecular complexity index is 724. The summed E-state index contributed by atoms with van der Waals surface area (Å²) >= 11 is 5.75. The van der Waals surface area contributed by atoms with Crippen LogP contribution in [-0.2, 0) is 17.1 Å². The number of aromatic nitrogens is 2. The lowest BCUT2D eigenvalue weighted by Crippen LogP contribution is -2.16. The zero-order valence-electron chi connectivity index (χ0n) is 10.4. The molecule has 0 saturated heterocycles. The zero-order valence-corrected chi connectivity index (χ0v) is 12.0. The second-order valence-corrected chi connectivity index (χ2v) is 6.17. The Morgan fingerprint density at radius 1 is 1.37 bits per heavy atom. The maximum absolute atomic E-state index is 12.2. The third-order valence-electron chi connectivity index (χ3n) is 2.50. The number of nitrogen functional groups attached to an aromatic ring is 1. The Hall–Kier alpha value is -1.73. The van der Waals surface area contributed by atoms with E-state index in [2.05, 4.69) is 9.82 Å². The topological polar surface area (TPSA) is 90.0 Å². The van der Waals surface area contributed by atoms with Gasteiger partial charge in [-0.3, -0.25) is 9.40 Å². The first-order valence-electron chi connectivity index (χ1n) is 5.38. The van der Waals surface area contributed by atoms with Crippen molar-refractivity contribution in [2.24, 2.45) is 7.05 Å². The van der Waals surface area contributed by atoms with Crippen molar-refractivity contribution in [2.45, 2.75) is 11.8 Å². The standard InChI is InChI=1S/C11H13ClN4O2S/c1-7-5-11(16(2)14-7)15-19(17,18)10-4-3-8(12)6-9(10)13/h3-6,15H,13H2,1-2H3. The molecule has 0 atom stereocenters. The van der Waals surface area contributed by atoms with Crippen LogP contribution in [0, 0.1) is 6.92 Å². The van der Waals surface area contributed by atoms with Crippen LogP contribution in [-0.4, -0.2) is 18.2 Å². The fourth-order valence-electron chi connectivity index (χ4n) is 1.66. The highest BCUT2D eigenvalue weighted by Crippen LogP contribution is 2.24. The molecule has 19 heavy (non-hydrogen) atoms. The van der Waals surface area contributed by atoms with E-state index in [1.54, 1.807) is 20.0 Å². The van der Waals surface area contributed by atoms with Gasteiger partial charge in [0.1, 0.15) is 10.7 Å². The van der Waals surface area contributed by atoms with Crippen LogP contribution in [0.5, 0.6) is 0 Å². The number of nitrogens with zero attached hydrogens (tertiary/aromatic N) is 2. The van der Waals surface area contributed by atoms with Crippen molar-refractivity contribution in [3.05, 3.63) is 35.0 Å². The number of sulfonamides is 1. The number of anilines is 2. The van der Waals surface area contributed by atoms with Gasteiger partial charge >= 0.3 is 0 Å². The van der Waals surface area contributed by atoms with Crippen LogP contribution < -0.4 is 10.5 Å². The number of hydrogen-bond donors (Lipinski definition) is 2. The van der Waals surface area contributed by atoms with E-state index < -0.39 is 10.0 Å². The molecule has 0 unspecified atom stereocenters. The monoisotopic (exact) mass is 300 g/mol. The van der Waals surface area contributed by atoms with Gasteiger partial charge in [0.15, 0.2) is 0 Å².